The van der Waals surface area contributed by atoms with E-state index < -0.39 is 0 Å². The summed E-state index contributed by atoms with van der Waals surface area (Å²) in [5.74, 6) is 0.174. The predicted octanol–water partition coefficient (Wildman–Crippen LogP) is 0.726. The van der Waals surface area contributed by atoms with Gasteiger partial charge in [-0.05, 0) is 46.6 Å². The van der Waals surface area contributed by atoms with Gasteiger partial charge in [-0.25, -0.2) is 0 Å². The second kappa shape index (κ2) is 5.36. The van der Waals surface area contributed by atoms with Crippen molar-refractivity contribution in [1.82, 2.24) is 15.5 Å². The van der Waals surface area contributed by atoms with E-state index in [1.807, 2.05) is 7.05 Å². The molecule has 2 unspecified atom stereocenters. The summed E-state index contributed by atoms with van der Waals surface area (Å²) >= 11 is 0. The lowest BCUT2D eigenvalue weighted by Gasteiger charge is -2.30. The van der Waals surface area contributed by atoms with Crippen molar-refractivity contribution in [3.8, 4) is 0 Å². The van der Waals surface area contributed by atoms with Crippen LogP contribution in [-0.2, 0) is 4.79 Å². The van der Waals surface area contributed by atoms with E-state index in [9.17, 15) is 4.79 Å². The molecule has 2 N–H and O–H groups in total. The quantitative estimate of drug-likeness (QED) is 0.760. The Labute approximate surface area is 104 Å². The number of carbonyl (C=O) groups excluding carboxylic acids is 1. The number of amides is 1. The molecule has 0 aliphatic carbocycles. The highest BCUT2D eigenvalue weighted by molar-refractivity contribution is 5.78. The van der Waals surface area contributed by atoms with Gasteiger partial charge >= 0.3 is 0 Å². The molecule has 0 aromatic heterocycles. The smallest absolute Gasteiger partial charge is 0.234 e. The average molecular weight is 239 g/mol. The molecular weight excluding hydrogens is 214 g/mol. The van der Waals surface area contributed by atoms with Crippen molar-refractivity contribution in [1.29, 1.82) is 0 Å². The highest BCUT2D eigenvalue weighted by atomic mass is 16.2. The van der Waals surface area contributed by atoms with Crippen molar-refractivity contribution < 1.29 is 4.79 Å². The van der Waals surface area contributed by atoms with Crippen LogP contribution in [0, 0.1) is 0 Å². The molecule has 0 radical (unpaired) electrons. The normalized spacial score (nSPS) is 32.2. The predicted molar refractivity (Wildman–Crippen MR) is 68.9 cm³/mol. The summed E-state index contributed by atoms with van der Waals surface area (Å²) in [5, 5.41) is 6.78. The van der Waals surface area contributed by atoms with Crippen molar-refractivity contribution in [2.75, 3.05) is 13.6 Å². The Hall–Kier alpha value is -0.610. The largest absolute Gasteiger partial charge is 0.352 e. The Morgan fingerprint density at radius 2 is 1.94 bits per heavy atom. The topological polar surface area (TPSA) is 44.4 Å². The molecule has 0 saturated carbocycles. The highest BCUT2D eigenvalue weighted by Crippen LogP contribution is 2.26. The number of piperidine rings is 1. The molecule has 2 heterocycles. The molecule has 2 fully saturated rings. The van der Waals surface area contributed by atoms with E-state index in [1.165, 1.54) is 12.8 Å². The zero-order valence-corrected chi connectivity index (χ0v) is 11.2. The van der Waals surface area contributed by atoms with Crippen LogP contribution in [0.3, 0.4) is 0 Å². The van der Waals surface area contributed by atoms with Crippen LogP contribution in [0.5, 0.6) is 0 Å². The molecule has 0 aromatic carbocycles. The van der Waals surface area contributed by atoms with Crippen molar-refractivity contribution >= 4 is 5.91 Å². The van der Waals surface area contributed by atoms with Crippen LogP contribution in [0.4, 0.5) is 0 Å². The monoisotopic (exact) mass is 239 g/mol. The summed E-state index contributed by atoms with van der Waals surface area (Å²) < 4.78 is 0. The molecule has 2 rings (SSSR count). The third kappa shape index (κ3) is 3.42. The second-order valence-corrected chi connectivity index (χ2v) is 5.88. The van der Waals surface area contributed by atoms with E-state index in [0.29, 0.717) is 30.7 Å². The van der Waals surface area contributed by atoms with Gasteiger partial charge < -0.3 is 10.6 Å². The second-order valence-electron chi connectivity index (χ2n) is 5.88. The highest BCUT2D eigenvalue weighted by Gasteiger charge is 2.33. The SMILES string of the molecule is CC(C)N(C)CC(=O)NC1CC2CCC(C1)N2. The molecule has 17 heavy (non-hydrogen) atoms. The van der Waals surface area contributed by atoms with Gasteiger partial charge in [-0.3, -0.25) is 9.69 Å². The van der Waals surface area contributed by atoms with E-state index in [4.69, 9.17) is 0 Å². The number of rotatable bonds is 4. The molecule has 0 aromatic rings. The number of likely N-dealkylation sites (N-methyl/N-ethyl adjacent to an activating group) is 1. The van der Waals surface area contributed by atoms with Crippen molar-refractivity contribution in [3.05, 3.63) is 0 Å². The number of fused-ring (bicyclic) bond motifs is 2. The van der Waals surface area contributed by atoms with E-state index in [2.05, 4.69) is 29.4 Å². The van der Waals surface area contributed by atoms with Crippen LogP contribution in [0.2, 0.25) is 0 Å². The average Bonchev–Trinajstić information content (AvgIpc) is 2.57. The van der Waals surface area contributed by atoms with Crippen LogP contribution in [0.15, 0.2) is 0 Å². The molecule has 0 spiro atoms. The van der Waals surface area contributed by atoms with E-state index in [1.54, 1.807) is 0 Å². The summed E-state index contributed by atoms with van der Waals surface area (Å²) in [6, 6.07) is 2.09. The van der Waals surface area contributed by atoms with Crippen LogP contribution in [0.1, 0.15) is 39.5 Å². The van der Waals surface area contributed by atoms with Gasteiger partial charge in [-0.1, -0.05) is 0 Å². The van der Waals surface area contributed by atoms with E-state index in [-0.39, 0.29) is 5.91 Å². The number of hydrogen-bond donors (Lipinski definition) is 2. The Morgan fingerprint density at radius 3 is 2.47 bits per heavy atom. The lowest BCUT2D eigenvalue weighted by atomic mass is 10.00. The minimum atomic E-state index is 0.174. The van der Waals surface area contributed by atoms with Gasteiger partial charge in [0.2, 0.25) is 5.91 Å². The molecule has 98 valence electrons. The van der Waals surface area contributed by atoms with Gasteiger partial charge in [0.15, 0.2) is 0 Å². The van der Waals surface area contributed by atoms with Crippen molar-refractivity contribution in [3.63, 3.8) is 0 Å². The molecule has 2 aliphatic heterocycles. The van der Waals surface area contributed by atoms with Gasteiger partial charge in [0.25, 0.3) is 0 Å². The lowest BCUT2D eigenvalue weighted by molar-refractivity contribution is -0.123. The maximum Gasteiger partial charge on any atom is 0.234 e. The summed E-state index contributed by atoms with van der Waals surface area (Å²) in [6.07, 6.45) is 4.77. The van der Waals surface area contributed by atoms with Crippen molar-refractivity contribution in [2.24, 2.45) is 0 Å². The first-order valence-corrected chi connectivity index (χ1v) is 6.80. The first-order chi connectivity index (χ1) is 8.04. The Kier molecular flexibility index (Phi) is 4.05. The third-order valence-corrected chi connectivity index (χ3v) is 4.11. The maximum atomic E-state index is 11.9. The summed E-state index contributed by atoms with van der Waals surface area (Å²) in [4.78, 5) is 14.0. The first-order valence-electron chi connectivity index (χ1n) is 6.80. The molecule has 2 aliphatic rings. The molecule has 4 heteroatoms. The van der Waals surface area contributed by atoms with E-state index in [0.717, 1.165) is 12.8 Å². The summed E-state index contributed by atoms with van der Waals surface area (Å²) in [6.45, 7) is 4.73. The summed E-state index contributed by atoms with van der Waals surface area (Å²) in [7, 11) is 2.00. The minimum Gasteiger partial charge on any atom is -0.352 e. The third-order valence-electron chi connectivity index (χ3n) is 4.11. The zero-order valence-electron chi connectivity index (χ0n) is 11.2. The minimum absolute atomic E-state index is 0.174. The maximum absolute atomic E-state index is 11.9. The fraction of sp³-hybridized carbons (Fsp3) is 0.923. The zero-order chi connectivity index (χ0) is 12.4. The molecule has 2 bridgehead atoms. The number of carbonyl (C=O) groups is 1. The van der Waals surface area contributed by atoms with Crippen molar-refractivity contribution in [2.45, 2.75) is 63.7 Å². The fourth-order valence-electron chi connectivity index (χ4n) is 2.86. The van der Waals surface area contributed by atoms with Crippen LogP contribution >= 0.6 is 0 Å². The molecule has 2 atom stereocenters. The number of nitrogens with zero attached hydrogens (tertiary/aromatic N) is 1. The van der Waals surface area contributed by atoms with Crippen LogP contribution in [-0.4, -0.2) is 48.6 Å². The number of hydrogen-bond acceptors (Lipinski definition) is 3. The Bertz CT molecular complexity index is 268. The number of nitrogens with one attached hydrogen (secondary N) is 2. The Balaban J connectivity index is 1.75. The lowest BCUT2D eigenvalue weighted by Crippen LogP contribution is -2.50. The van der Waals surface area contributed by atoms with E-state index >= 15 is 0 Å². The summed E-state index contributed by atoms with van der Waals surface area (Å²) in [5.41, 5.74) is 0. The molecule has 2 saturated heterocycles. The van der Waals surface area contributed by atoms with Gasteiger partial charge in [0.05, 0.1) is 6.54 Å². The van der Waals surface area contributed by atoms with Crippen LogP contribution in [0.25, 0.3) is 0 Å². The standard InChI is InChI=1S/C13H25N3O/c1-9(2)16(3)8-13(17)15-12-6-10-4-5-11(7-12)14-10/h9-12,14H,4-8H2,1-3H3,(H,15,17). The van der Waals surface area contributed by atoms with Gasteiger partial charge in [0.1, 0.15) is 0 Å². The first kappa shape index (κ1) is 12.8. The fourth-order valence-corrected chi connectivity index (χ4v) is 2.86. The molecule has 4 nitrogen and oxygen atoms in total. The van der Waals surface area contributed by atoms with Gasteiger partial charge in [0, 0.05) is 24.2 Å². The van der Waals surface area contributed by atoms with Gasteiger partial charge in [-0.2, -0.15) is 0 Å². The Morgan fingerprint density at radius 1 is 1.35 bits per heavy atom. The van der Waals surface area contributed by atoms with Gasteiger partial charge in [-0.15, -0.1) is 0 Å². The van der Waals surface area contributed by atoms with Crippen LogP contribution < -0.4 is 10.6 Å². The molecule has 1 amide bonds. The molecular formula is C13H25N3O.